The third-order valence-electron chi connectivity index (χ3n) is 3.85. The Morgan fingerprint density at radius 3 is 2.43 bits per heavy atom. The molecule has 0 fully saturated rings. The first-order chi connectivity index (χ1) is 13.5. The minimum absolute atomic E-state index is 0.00586. The van der Waals surface area contributed by atoms with Gasteiger partial charge in [-0.3, -0.25) is 24.4 Å². The highest BCUT2D eigenvalue weighted by Gasteiger charge is 2.06. The molecule has 0 aliphatic carbocycles. The fourth-order valence-electron chi connectivity index (χ4n) is 2.43. The quantitative estimate of drug-likeness (QED) is 0.295. The van der Waals surface area contributed by atoms with E-state index in [1.807, 2.05) is 0 Å². The number of nitro benzene ring substituents is 1. The number of aromatic nitrogens is 2. The van der Waals surface area contributed by atoms with E-state index in [4.69, 9.17) is 0 Å². The van der Waals surface area contributed by atoms with Crippen molar-refractivity contribution in [1.29, 1.82) is 0 Å². The Bertz CT molecular complexity index is 1010. The van der Waals surface area contributed by atoms with E-state index < -0.39 is 4.92 Å². The summed E-state index contributed by atoms with van der Waals surface area (Å²) in [6, 6.07) is 14.2. The minimum atomic E-state index is -0.478. The number of nitrogens with zero attached hydrogens (tertiary/aromatic N) is 3. The van der Waals surface area contributed by atoms with Gasteiger partial charge in [0, 0.05) is 35.8 Å². The highest BCUT2D eigenvalue weighted by atomic mass is 16.6. The van der Waals surface area contributed by atoms with E-state index in [0.717, 1.165) is 0 Å². The Hall–Kier alpha value is -4.07. The molecule has 8 heteroatoms. The number of amides is 1. The van der Waals surface area contributed by atoms with Crippen LogP contribution in [-0.4, -0.2) is 26.4 Å². The Morgan fingerprint density at radius 2 is 1.82 bits per heavy atom. The van der Waals surface area contributed by atoms with Crippen molar-refractivity contribution in [2.45, 2.75) is 6.54 Å². The number of hydrogen-bond donors (Lipinski definition) is 1. The first-order valence-electron chi connectivity index (χ1n) is 8.35. The highest BCUT2D eigenvalue weighted by molar-refractivity contribution is 6.07. The zero-order valence-corrected chi connectivity index (χ0v) is 14.7. The van der Waals surface area contributed by atoms with Gasteiger partial charge in [0.2, 0.25) is 5.91 Å². The predicted molar refractivity (Wildman–Crippen MR) is 104 cm³/mol. The third-order valence-corrected chi connectivity index (χ3v) is 3.85. The van der Waals surface area contributed by atoms with Gasteiger partial charge in [-0.25, -0.2) is 0 Å². The monoisotopic (exact) mass is 376 g/mol. The lowest BCUT2D eigenvalue weighted by molar-refractivity contribution is -0.384. The van der Waals surface area contributed by atoms with Crippen LogP contribution in [0, 0.1) is 10.1 Å². The number of carbonyl (C=O) groups is 2. The van der Waals surface area contributed by atoms with Gasteiger partial charge in [0.1, 0.15) is 6.54 Å². The molecule has 0 atom stereocenters. The van der Waals surface area contributed by atoms with Crippen molar-refractivity contribution in [3.63, 3.8) is 0 Å². The summed E-state index contributed by atoms with van der Waals surface area (Å²) < 4.78 is 1.51. The van der Waals surface area contributed by atoms with E-state index in [9.17, 15) is 19.7 Å². The molecule has 3 aromatic rings. The van der Waals surface area contributed by atoms with E-state index in [1.54, 1.807) is 60.9 Å². The topological polar surface area (TPSA) is 107 Å². The van der Waals surface area contributed by atoms with Crippen molar-refractivity contribution < 1.29 is 14.5 Å². The Morgan fingerprint density at radius 1 is 1.11 bits per heavy atom. The molecule has 3 rings (SSSR count). The molecule has 1 heterocycles. The number of non-ortho nitro benzene ring substituents is 1. The van der Waals surface area contributed by atoms with Crippen LogP contribution >= 0.6 is 0 Å². The summed E-state index contributed by atoms with van der Waals surface area (Å²) in [6.07, 6.45) is 6.27. The molecule has 0 bridgehead atoms. The van der Waals surface area contributed by atoms with Crippen molar-refractivity contribution in [2.75, 3.05) is 5.32 Å². The second-order valence-electron chi connectivity index (χ2n) is 5.88. The predicted octanol–water partition coefficient (Wildman–Crippen LogP) is 3.33. The number of ketones is 1. The lowest BCUT2D eigenvalue weighted by Crippen LogP contribution is -2.18. The number of nitro groups is 1. The number of nitrogens with one attached hydrogen (secondary N) is 1. The lowest BCUT2D eigenvalue weighted by Gasteiger charge is -2.06. The molecule has 8 nitrogen and oxygen atoms in total. The molecule has 0 aliphatic rings. The molecule has 28 heavy (non-hydrogen) atoms. The van der Waals surface area contributed by atoms with Gasteiger partial charge in [0.05, 0.1) is 4.92 Å². The lowest BCUT2D eigenvalue weighted by atomic mass is 10.1. The van der Waals surface area contributed by atoms with E-state index in [-0.39, 0.29) is 23.9 Å². The number of hydrogen-bond acceptors (Lipinski definition) is 5. The number of allylic oxidation sites excluding steroid dienone is 1. The van der Waals surface area contributed by atoms with Gasteiger partial charge in [-0.1, -0.05) is 6.08 Å². The molecule has 0 unspecified atom stereocenters. The molecule has 0 aliphatic heterocycles. The average Bonchev–Trinajstić information content (AvgIpc) is 3.20. The molecule has 2 aromatic carbocycles. The molecule has 0 spiro atoms. The summed E-state index contributed by atoms with van der Waals surface area (Å²) in [5.74, 6) is -0.436. The molecule has 0 saturated carbocycles. The van der Waals surface area contributed by atoms with Gasteiger partial charge < -0.3 is 5.32 Å². The summed E-state index contributed by atoms with van der Waals surface area (Å²) >= 11 is 0. The summed E-state index contributed by atoms with van der Waals surface area (Å²) in [4.78, 5) is 34.3. The van der Waals surface area contributed by atoms with Gasteiger partial charge >= 0.3 is 0 Å². The average molecular weight is 376 g/mol. The SMILES string of the molecule is O=C(Cn1cccn1)Nc1ccc(C(=O)/C=C/c2ccc([N+](=O)[O-])cc2)cc1. The van der Waals surface area contributed by atoms with Gasteiger partial charge in [0.25, 0.3) is 5.69 Å². The Balaban J connectivity index is 1.58. The van der Waals surface area contributed by atoms with E-state index in [0.29, 0.717) is 16.8 Å². The molecule has 0 radical (unpaired) electrons. The fraction of sp³-hybridized carbons (Fsp3) is 0.0500. The van der Waals surface area contributed by atoms with Crippen LogP contribution in [0.3, 0.4) is 0 Å². The summed E-state index contributed by atoms with van der Waals surface area (Å²) in [5, 5.41) is 17.3. The standard InChI is InChI=1S/C20H16N4O4/c25-19(11-4-15-2-9-18(10-3-15)24(27)28)16-5-7-17(8-6-16)22-20(26)14-23-13-1-12-21-23/h1-13H,14H2,(H,22,26)/b11-4+. The van der Waals surface area contributed by atoms with E-state index >= 15 is 0 Å². The maximum Gasteiger partial charge on any atom is 0.269 e. The van der Waals surface area contributed by atoms with Gasteiger partial charge in [-0.05, 0) is 54.1 Å². The molecule has 140 valence electrons. The molecular formula is C20H16N4O4. The number of rotatable bonds is 7. The number of benzene rings is 2. The smallest absolute Gasteiger partial charge is 0.269 e. The zero-order valence-electron chi connectivity index (χ0n) is 14.7. The van der Waals surface area contributed by atoms with Crippen molar-refractivity contribution >= 4 is 29.1 Å². The van der Waals surface area contributed by atoms with Gasteiger partial charge in [-0.2, -0.15) is 5.10 Å². The minimum Gasteiger partial charge on any atom is -0.324 e. The maximum absolute atomic E-state index is 12.2. The van der Waals surface area contributed by atoms with E-state index in [1.165, 1.54) is 22.9 Å². The largest absolute Gasteiger partial charge is 0.324 e. The van der Waals surface area contributed by atoms with Crippen LogP contribution in [0.2, 0.25) is 0 Å². The summed E-state index contributed by atoms with van der Waals surface area (Å²) in [6.45, 7) is 0.103. The first-order valence-corrected chi connectivity index (χ1v) is 8.35. The zero-order chi connectivity index (χ0) is 19.9. The normalized spacial score (nSPS) is 10.7. The van der Waals surface area contributed by atoms with Crippen LogP contribution in [0.1, 0.15) is 15.9 Å². The summed E-state index contributed by atoms with van der Waals surface area (Å²) in [7, 11) is 0. The highest BCUT2D eigenvalue weighted by Crippen LogP contribution is 2.14. The van der Waals surface area contributed by atoms with E-state index in [2.05, 4.69) is 10.4 Å². The number of anilines is 1. The Kier molecular flexibility index (Phi) is 5.71. The molecule has 1 amide bonds. The second kappa shape index (κ2) is 8.54. The Labute approximate surface area is 160 Å². The van der Waals surface area contributed by atoms with Crippen molar-refractivity contribution in [2.24, 2.45) is 0 Å². The van der Waals surface area contributed by atoms with Crippen molar-refractivity contribution in [3.05, 3.63) is 94.3 Å². The van der Waals surface area contributed by atoms with Crippen LogP contribution < -0.4 is 5.32 Å². The van der Waals surface area contributed by atoms with Crippen molar-refractivity contribution in [1.82, 2.24) is 9.78 Å². The van der Waals surface area contributed by atoms with Crippen molar-refractivity contribution in [3.8, 4) is 0 Å². The molecule has 1 aromatic heterocycles. The van der Waals surface area contributed by atoms with Crippen LogP contribution in [0.5, 0.6) is 0 Å². The third kappa shape index (κ3) is 4.98. The maximum atomic E-state index is 12.2. The van der Waals surface area contributed by atoms with Crippen LogP contribution in [0.4, 0.5) is 11.4 Å². The first kappa shape index (κ1) is 18.7. The van der Waals surface area contributed by atoms with Crippen LogP contribution in [0.15, 0.2) is 73.1 Å². The summed E-state index contributed by atoms with van der Waals surface area (Å²) in [5.41, 5.74) is 1.71. The van der Waals surface area contributed by atoms with Crippen LogP contribution in [0.25, 0.3) is 6.08 Å². The molecule has 1 N–H and O–H groups in total. The number of carbonyl (C=O) groups excluding carboxylic acids is 2. The molecular weight excluding hydrogens is 360 g/mol. The van der Waals surface area contributed by atoms with Gasteiger partial charge in [0.15, 0.2) is 5.78 Å². The van der Waals surface area contributed by atoms with Crippen LogP contribution in [-0.2, 0) is 11.3 Å². The van der Waals surface area contributed by atoms with Gasteiger partial charge in [-0.15, -0.1) is 0 Å². The second-order valence-corrected chi connectivity index (χ2v) is 5.88. The molecule has 0 saturated heterocycles. The fourth-order valence-corrected chi connectivity index (χ4v) is 2.43.